The van der Waals surface area contributed by atoms with Crippen LogP contribution in [0.3, 0.4) is 0 Å². The zero-order valence-electron chi connectivity index (χ0n) is 7.92. The predicted octanol–water partition coefficient (Wildman–Crippen LogP) is 0.734. The van der Waals surface area contributed by atoms with E-state index in [4.69, 9.17) is 4.74 Å². The van der Waals surface area contributed by atoms with E-state index < -0.39 is 0 Å². The first-order chi connectivity index (χ1) is 6.35. The Balaban J connectivity index is 1.99. The molecule has 0 radical (unpaired) electrons. The molecular weight excluding hydrogens is 166 g/mol. The van der Waals surface area contributed by atoms with Gasteiger partial charge < -0.3 is 14.8 Å². The van der Waals surface area contributed by atoms with Gasteiger partial charge in [-0.25, -0.2) is 0 Å². The highest BCUT2D eigenvalue weighted by Crippen LogP contribution is 2.40. The van der Waals surface area contributed by atoms with E-state index in [1.165, 1.54) is 6.42 Å². The van der Waals surface area contributed by atoms with Crippen molar-refractivity contribution in [3.63, 3.8) is 0 Å². The van der Waals surface area contributed by atoms with Gasteiger partial charge in [0.2, 0.25) is 0 Å². The van der Waals surface area contributed by atoms with E-state index in [0.29, 0.717) is 5.41 Å². The van der Waals surface area contributed by atoms with Crippen molar-refractivity contribution in [2.24, 2.45) is 5.41 Å². The standard InChI is InChI=1S/C10H17NO2/c12-8-9-7-10(1-4-11-9)2-5-13-6-3-10/h8-9,11H,1-7H2. The molecule has 0 saturated carbocycles. The van der Waals surface area contributed by atoms with Gasteiger partial charge in [-0.2, -0.15) is 0 Å². The van der Waals surface area contributed by atoms with Crippen LogP contribution in [-0.2, 0) is 9.53 Å². The lowest BCUT2D eigenvalue weighted by molar-refractivity contribution is -0.112. The van der Waals surface area contributed by atoms with Crippen LogP contribution in [0.5, 0.6) is 0 Å². The molecule has 2 heterocycles. The Labute approximate surface area is 78.8 Å². The first-order valence-electron chi connectivity index (χ1n) is 5.11. The van der Waals surface area contributed by atoms with Crippen LogP contribution in [0.25, 0.3) is 0 Å². The number of rotatable bonds is 1. The van der Waals surface area contributed by atoms with Gasteiger partial charge in [0, 0.05) is 13.2 Å². The smallest absolute Gasteiger partial charge is 0.136 e. The first kappa shape index (κ1) is 9.16. The Morgan fingerprint density at radius 2 is 2.08 bits per heavy atom. The normalized spacial score (nSPS) is 33.1. The molecule has 0 aromatic carbocycles. The molecule has 0 amide bonds. The van der Waals surface area contributed by atoms with Crippen LogP contribution in [-0.4, -0.2) is 32.1 Å². The molecule has 1 atom stereocenters. The third-order valence-electron chi connectivity index (χ3n) is 3.43. The summed E-state index contributed by atoms with van der Waals surface area (Å²) in [5.41, 5.74) is 0.412. The van der Waals surface area contributed by atoms with Crippen molar-refractivity contribution in [3.8, 4) is 0 Å². The lowest BCUT2D eigenvalue weighted by atomic mass is 9.71. The SMILES string of the molecule is O=CC1CC2(CCN1)CCOCC2. The summed E-state index contributed by atoms with van der Waals surface area (Å²) in [5.74, 6) is 0. The van der Waals surface area contributed by atoms with Gasteiger partial charge in [0.1, 0.15) is 6.29 Å². The molecule has 2 rings (SSSR count). The Morgan fingerprint density at radius 1 is 1.31 bits per heavy atom. The van der Waals surface area contributed by atoms with Crippen molar-refractivity contribution in [2.45, 2.75) is 31.7 Å². The molecule has 2 aliphatic heterocycles. The predicted molar refractivity (Wildman–Crippen MR) is 49.6 cm³/mol. The minimum Gasteiger partial charge on any atom is -0.381 e. The van der Waals surface area contributed by atoms with Crippen LogP contribution < -0.4 is 5.32 Å². The Kier molecular flexibility index (Phi) is 2.65. The van der Waals surface area contributed by atoms with E-state index in [1.54, 1.807) is 0 Å². The largest absolute Gasteiger partial charge is 0.381 e. The minimum atomic E-state index is 0.0897. The van der Waals surface area contributed by atoms with Crippen LogP contribution in [0.4, 0.5) is 0 Å². The van der Waals surface area contributed by atoms with Crippen molar-refractivity contribution < 1.29 is 9.53 Å². The number of nitrogens with one attached hydrogen (secondary N) is 1. The highest BCUT2D eigenvalue weighted by molar-refractivity contribution is 5.57. The van der Waals surface area contributed by atoms with E-state index in [9.17, 15) is 4.79 Å². The molecule has 0 aromatic heterocycles. The van der Waals surface area contributed by atoms with Crippen molar-refractivity contribution in [1.82, 2.24) is 5.32 Å². The molecule has 1 unspecified atom stereocenters. The van der Waals surface area contributed by atoms with Crippen LogP contribution >= 0.6 is 0 Å². The summed E-state index contributed by atoms with van der Waals surface area (Å²) in [6.07, 6.45) is 5.55. The number of piperidine rings is 1. The molecule has 2 aliphatic rings. The van der Waals surface area contributed by atoms with Crippen molar-refractivity contribution in [2.75, 3.05) is 19.8 Å². The molecular formula is C10H17NO2. The molecule has 74 valence electrons. The maximum absolute atomic E-state index is 10.7. The van der Waals surface area contributed by atoms with Gasteiger partial charge in [-0.1, -0.05) is 0 Å². The van der Waals surface area contributed by atoms with Gasteiger partial charge in [0.15, 0.2) is 0 Å². The molecule has 1 spiro atoms. The summed E-state index contributed by atoms with van der Waals surface area (Å²) >= 11 is 0. The van der Waals surface area contributed by atoms with Gasteiger partial charge in [0.05, 0.1) is 6.04 Å². The average molecular weight is 183 g/mol. The number of aldehydes is 1. The molecule has 2 saturated heterocycles. The fourth-order valence-corrected chi connectivity index (χ4v) is 2.52. The Hall–Kier alpha value is -0.410. The summed E-state index contributed by atoms with van der Waals surface area (Å²) in [6, 6.07) is 0.0897. The third kappa shape index (κ3) is 1.92. The quantitative estimate of drug-likeness (QED) is 0.609. The molecule has 0 aliphatic carbocycles. The topological polar surface area (TPSA) is 38.3 Å². The number of ether oxygens (including phenoxy) is 1. The van der Waals surface area contributed by atoms with E-state index in [0.717, 1.165) is 45.3 Å². The summed E-state index contributed by atoms with van der Waals surface area (Å²) in [6.45, 7) is 2.75. The highest BCUT2D eigenvalue weighted by atomic mass is 16.5. The maximum Gasteiger partial charge on any atom is 0.136 e. The van der Waals surface area contributed by atoms with Crippen molar-refractivity contribution >= 4 is 6.29 Å². The second kappa shape index (κ2) is 3.76. The van der Waals surface area contributed by atoms with E-state index >= 15 is 0 Å². The second-order valence-corrected chi connectivity index (χ2v) is 4.26. The molecule has 3 nitrogen and oxygen atoms in total. The van der Waals surface area contributed by atoms with Crippen molar-refractivity contribution in [1.29, 1.82) is 0 Å². The lowest BCUT2D eigenvalue weighted by Crippen LogP contribution is -2.47. The van der Waals surface area contributed by atoms with Gasteiger partial charge in [-0.15, -0.1) is 0 Å². The van der Waals surface area contributed by atoms with Gasteiger partial charge in [-0.05, 0) is 37.6 Å². The highest BCUT2D eigenvalue weighted by Gasteiger charge is 2.37. The van der Waals surface area contributed by atoms with E-state index in [-0.39, 0.29) is 6.04 Å². The number of hydrogen-bond donors (Lipinski definition) is 1. The average Bonchev–Trinajstić information content (AvgIpc) is 2.19. The number of hydrogen-bond acceptors (Lipinski definition) is 3. The van der Waals surface area contributed by atoms with Gasteiger partial charge in [-0.3, -0.25) is 0 Å². The Morgan fingerprint density at radius 3 is 2.77 bits per heavy atom. The number of carbonyl (C=O) groups is 1. The molecule has 13 heavy (non-hydrogen) atoms. The van der Waals surface area contributed by atoms with Crippen molar-refractivity contribution in [3.05, 3.63) is 0 Å². The molecule has 0 aromatic rings. The van der Waals surface area contributed by atoms with Gasteiger partial charge >= 0.3 is 0 Å². The fourth-order valence-electron chi connectivity index (χ4n) is 2.52. The summed E-state index contributed by atoms with van der Waals surface area (Å²) in [7, 11) is 0. The monoisotopic (exact) mass is 183 g/mol. The fraction of sp³-hybridized carbons (Fsp3) is 0.900. The minimum absolute atomic E-state index is 0.0897. The lowest BCUT2D eigenvalue weighted by Gasteiger charge is -2.42. The van der Waals surface area contributed by atoms with Crippen LogP contribution in [0.1, 0.15) is 25.7 Å². The van der Waals surface area contributed by atoms with E-state index in [1.807, 2.05) is 0 Å². The van der Waals surface area contributed by atoms with Gasteiger partial charge in [0.25, 0.3) is 0 Å². The third-order valence-corrected chi connectivity index (χ3v) is 3.43. The van der Waals surface area contributed by atoms with Crippen LogP contribution in [0.2, 0.25) is 0 Å². The summed E-state index contributed by atoms with van der Waals surface area (Å²) < 4.78 is 5.36. The van der Waals surface area contributed by atoms with Crippen LogP contribution in [0, 0.1) is 5.41 Å². The maximum atomic E-state index is 10.7. The first-order valence-corrected chi connectivity index (χ1v) is 5.11. The number of carbonyl (C=O) groups excluding carboxylic acids is 1. The van der Waals surface area contributed by atoms with Crippen LogP contribution in [0.15, 0.2) is 0 Å². The molecule has 1 N–H and O–H groups in total. The van der Waals surface area contributed by atoms with E-state index in [2.05, 4.69) is 5.32 Å². The zero-order chi connectivity index (χ0) is 9.15. The Bertz CT molecular complexity index is 182. The molecule has 2 fully saturated rings. The summed E-state index contributed by atoms with van der Waals surface area (Å²) in [5, 5.41) is 3.23. The second-order valence-electron chi connectivity index (χ2n) is 4.26. The summed E-state index contributed by atoms with van der Waals surface area (Å²) in [4.78, 5) is 10.7. The molecule has 0 bridgehead atoms. The molecule has 3 heteroatoms. The zero-order valence-corrected chi connectivity index (χ0v) is 7.92.